The van der Waals surface area contributed by atoms with Gasteiger partial charge in [-0.15, -0.1) is 0 Å². The average molecular weight is 350 g/mol. The number of rotatable bonds is 5. The van der Waals surface area contributed by atoms with Crippen LogP contribution in [-0.4, -0.2) is 27.7 Å². The summed E-state index contributed by atoms with van der Waals surface area (Å²) in [7, 11) is 0. The summed E-state index contributed by atoms with van der Waals surface area (Å²) in [6.45, 7) is 0.0438. The van der Waals surface area contributed by atoms with Crippen molar-refractivity contribution in [1.82, 2.24) is 9.97 Å². The van der Waals surface area contributed by atoms with E-state index >= 15 is 0 Å². The molecule has 1 aromatic heterocycles. The number of nitrogens with one attached hydrogen (secondary N) is 1. The molecule has 0 radical (unpaired) electrons. The van der Waals surface area contributed by atoms with Gasteiger partial charge < -0.3 is 10.4 Å². The number of halogens is 2. The lowest BCUT2D eigenvalue weighted by Gasteiger charge is -2.30. The molecule has 1 saturated carbocycles. The van der Waals surface area contributed by atoms with Crippen molar-refractivity contribution in [3.8, 4) is 11.3 Å². The summed E-state index contributed by atoms with van der Waals surface area (Å²) in [5.41, 5.74) is 0.734. The van der Waals surface area contributed by atoms with Crippen LogP contribution in [0.15, 0.2) is 30.6 Å². The van der Waals surface area contributed by atoms with Gasteiger partial charge in [-0.25, -0.2) is 9.37 Å². The second-order valence-electron chi connectivity index (χ2n) is 6.25. The van der Waals surface area contributed by atoms with E-state index in [0.29, 0.717) is 28.0 Å². The van der Waals surface area contributed by atoms with E-state index in [1.807, 2.05) is 0 Å². The Morgan fingerprint density at radius 3 is 2.79 bits per heavy atom. The number of hydrogen-bond donors (Lipinski definition) is 2. The molecule has 2 aromatic rings. The van der Waals surface area contributed by atoms with Gasteiger partial charge in [0.1, 0.15) is 11.6 Å². The zero-order valence-corrected chi connectivity index (χ0v) is 14.1. The Labute approximate surface area is 146 Å². The van der Waals surface area contributed by atoms with E-state index in [1.165, 1.54) is 43.7 Å². The zero-order valence-electron chi connectivity index (χ0n) is 13.4. The summed E-state index contributed by atoms with van der Waals surface area (Å²) in [4.78, 5) is 8.59. The van der Waals surface area contributed by atoms with Crippen molar-refractivity contribution in [2.24, 2.45) is 5.92 Å². The highest BCUT2D eigenvalue weighted by atomic mass is 35.5. The van der Waals surface area contributed by atoms with E-state index in [1.54, 1.807) is 6.20 Å². The van der Waals surface area contributed by atoms with Crippen LogP contribution in [-0.2, 0) is 0 Å². The number of aliphatic hydroxyl groups excluding tert-OH is 1. The van der Waals surface area contributed by atoms with Crippen molar-refractivity contribution in [3.63, 3.8) is 0 Å². The Balaban J connectivity index is 1.80. The standard InChI is InChI=1S/C18H21ClFN3O/c19-13-6-7-15(20)14(8-13)16-9-21-10-18(22-16)23-17(11-24)12-4-2-1-3-5-12/h6-10,12,17,24H,1-5,11H2,(H,22,23)/t17-/m0/s1. The van der Waals surface area contributed by atoms with Crippen molar-refractivity contribution in [1.29, 1.82) is 0 Å². The van der Waals surface area contributed by atoms with E-state index in [9.17, 15) is 9.50 Å². The Morgan fingerprint density at radius 2 is 2.04 bits per heavy atom. The van der Waals surface area contributed by atoms with E-state index in [2.05, 4.69) is 15.3 Å². The van der Waals surface area contributed by atoms with Crippen LogP contribution < -0.4 is 5.32 Å². The fraction of sp³-hybridized carbons (Fsp3) is 0.444. The van der Waals surface area contributed by atoms with Gasteiger partial charge in [-0.05, 0) is 37.0 Å². The number of hydrogen-bond acceptors (Lipinski definition) is 4. The van der Waals surface area contributed by atoms with Crippen LogP contribution in [0.5, 0.6) is 0 Å². The van der Waals surface area contributed by atoms with Gasteiger partial charge in [0, 0.05) is 10.6 Å². The second-order valence-corrected chi connectivity index (χ2v) is 6.68. The van der Waals surface area contributed by atoms with E-state index in [0.717, 1.165) is 12.8 Å². The van der Waals surface area contributed by atoms with Crippen LogP contribution in [0.25, 0.3) is 11.3 Å². The smallest absolute Gasteiger partial charge is 0.145 e. The molecule has 1 aromatic carbocycles. The molecule has 128 valence electrons. The number of aromatic nitrogens is 2. The predicted molar refractivity (Wildman–Crippen MR) is 93.5 cm³/mol. The summed E-state index contributed by atoms with van der Waals surface area (Å²) < 4.78 is 14.0. The van der Waals surface area contributed by atoms with Crippen molar-refractivity contribution < 1.29 is 9.50 Å². The quantitative estimate of drug-likeness (QED) is 0.845. The summed E-state index contributed by atoms with van der Waals surface area (Å²) in [6.07, 6.45) is 8.97. The summed E-state index contributed by atoms with van der Waals surface area (Å²) >= 11 is 5.95. The molecule has 3 rings (SSSR count). The highest BCUT2D eigenvalue weighted by Gasteiger charge is 2.23. The lowest BCUT2D eigenvalue weighted by molar-refractivity contribution is 0.209. The third-order valence-corrected chi connectivity index (χ3v) is 4.82. The number of nitrogens with zero attached hydrogens (tertiary/aromatic N) is 2. The molecule has 0 amide bonds. The zero-order chi connectivity index (χ0) is 16.9. The molecule has 6 heteroatoms. The first-order valence-electron chi connectivity index (χ1n) is 8.32. The topological polar surface area (TPSA) is 58.0 Å². The number of aliphatic hydroxyl groups is 1. The molecule has 1 heterocycles. The number of anilines is 1. The molecule has 1 fully saturated rings. The van der Waals surface area contributed by atoms with Crippen LogP contribution in [0.1, 0.15) is 32.1 Å². The Kier molecular flexibility index (Phi) is 5.63. The predicted octanol–water partition coefficient (Wildman–Crippen LogP) is 4.29. The van der Waals surface area contributed by atoms with Crippen molar-refractivity contribution >= 4 is 17.4 Å². The monoisotopic (exact) mass is 349 g/mol. The summed E-state index contributed by atoms with van der Waals surface area (Å²) in [5.74, 6) is 0.574. The first kappa shape index (κ1) is 17.1. The fourth-order valence-corrected chi connectivity index (χ4v) is 3.47. The van der Waals surface area contributed by atoms with Gasteiger partial charge in [-0.3, -0.25) is 4.98 Å². The molecule has 0 spiro atoms. The minimum Gasteiger partial charge on any atom is -0.394 e. The largest absolute Gasteiger partial charge is 0.394 e. The van der Waals surface area contributed by atoms with E-state index in [4.69, 9.17) is 11.6 Å². The Hall–Kier alpha value is -1.72. The van der Waals surface area contributed by atoms with Gasteiger partial charge in [0.25, 0.3) is 0 Å². The molecule has 0 aliphatic heterocycles. The van der Waals surface area contributed by atoms with Gasteiger partial charge in [-0.1, -0.05) is 30.9 Å². The van der Waals surface area contributed by atoms with Crippen LogP contribution in [0.3, 0.4) is 0 Å². The van der Waals surface area contributed by atoms with Crippen molar-refractivity contribution in [3.05, 3.63) is 41.4 Å². The van der Waals surface area contributed by atoms with Gasteiger partial charge in [-0.2, -0.15) is 0 Å². The highest BCUT2D eigenvalue weighted by molar-refractivity contribution is 6.30. The van der Waals surface area contributed by atoms with Crippen LogP contribution >= 0.6 is 11.6 Å². The third kappa shape index (κ3) is 4.02. The van der Waals surface area contributed by atoms with Crippen LogP contribution in [0.2, 0.25) is 5.02 Å². The highest BCUT2D eigenvalue weighted by Crippen LogP contribution is 2.29. The molecular formula is C18H21ClFN3O. The van der Waals surface area contributed by atoms with Crippen molar-refractivity contribution in [2.75, 3.05) is 11.9 Å². The van der Waals surface area contributed by atoms with Gasteiger partial charge in [0.2, 0.25) is 0 Å². The van der Waals surface area contributed by atoms with Crippen LogP contribution in [0, 0.1) is 11.7 Å². The molecule has 4 nitrogen and oxygen atoms in total. The van der Waals surface area contributed by atoms with Gasteiger partial charge in [0.15, 0.2) is 0 Å². The molecule has 1 aliphatic rings. The molecule has 1 aliphatic carbocycles. The Bertz CT molecular complexity index is 692. The fourth-order valence-electron chi connectivity index (χ4n) is 3.30. The minimum absolute atomic E-state index is 0.0438. The summed E-state index contributed by atoms with van der Waals surface area (Å²) in [5, 5.41) is 13.4. The maximum absolute atomic E-state index is 14.0. The SMILES string of the molecule is OC[C@H](Nc1cncc(-c2cc(Cl)ccc2F)n1)C1CCCCC1. The molecule has 0 bridgehead atoms. The number of benzene rings is 1. The second kappa shape index (κ2) is 7.90. The normalized spacial score (nSPS) is 16.8. The maximum atomic E-state index is 14.0. The first-order chi connectivity index (χ1) is 11.7. The van der Waals surface area contributed by atoms with E-state index in [-0.39, 0.29) is 12.6 Å². The minimum atomic E-state index is -0.392. The molecule has 0 unspecified atom stereocenters. The molecular weight excluding hydrogens is 329 g/mol. The molecule has 0 saturated heterocycles. The lowest BCUT2D eigenvalue weighted by Crippen LogP contribution is -2.34. The van der Waals surface area contributed by atoms with Gasteiger partial charge >= 0.3 is 0 Å². The summed E-state index contributed by atoms with van der Waals surface area (Å²) in [6, 6.07) is 4.30. The van der Waals surface area contributed by atoms with Gasteiger partial charge in [0.05, 0.1) is 30.7 Å². The van der Waals surface area contributed by atoms with Crippen LogP contribution in [0.4, 0.5) is 10.2 Å². The molecule has 2 N–H and O–H groups in total. The molecule has 1 atom stereocenters. The van der Waals surface area contributed by atoms with E-state index < -0.39 is 5.82 Å². The Morgan fingerprint density at radius 1 is 1.25 bits per heavy atom. The average Bonchev–Trinajstić information content (AvgIpc) is 2.62. The first-order valence-corrected chi connectivity index (χ1v) is 8.70. The van der Waals surface area contributed by atoms with Crippen molar-refractivity contribution in [2.45, 2.75) is 38.1 Å². The third-order valence-electron chi connectivity index (χ3n) is 4.59. The lowest BCUT2D eigenvalue weighted by atomic mass is 9.84. The molecule has 24 heavy (non-hydrogen) atoms. The maximum Gasteiger partial charge on any atom is 0.145 e.